The van der Waals surface area contributed by atoms with E-state index in [1.807, 2.05) is 33.8 Å². The number of nitrogens with two attached hydrogens (primary N) is 1. The third kappa shape index (κ3) is 3.28. The normalized spacial score (nSPS) is 12.7. The molecule has 0 heterocycles. The van der Waals surface area contributed by atoms with Crippen molar-refractivity contribution in [2.24, 2.45) is 0 Å². The maximum Gasteiger partial charge on any atom is 0.243 e. The van der Waals surface area contributed by atoms with E-state index >= 15 is 0 Å². The van der Waals surface area contributed by atoms with Crippen molar-refractivity contribution < 1.29 is 8.42 Å². The molecule has 0 spiro atoms. The van der Waals surface area contributed by atoms with Crippen LogP contribution in [0, 0.1) is 13.8 Å². The number of benzene rings is 1. The first-order chi connectivity index (χ1) is 8.67. The van der Waals surface area contributed by atoms with Gasteiger partial charge in [0.15, 0.2) is 0 Å². The van der Waals surface area contributed by atoms with E-state index in [9.17, 15) is 8.42 Å². The van der Waals surface area contributed by atoms with E-state index in [-0.39, 0.29) is 4.90 Å². The van der Waals surface area contributed by atoms with Gasteiger partial charge in [0.05, 0.1) is 5.69 Å². The Kier molecular flexibility index (Phi) is 4.63. The smallest absolute Gasteiger partial charge is 0.243 e. The Morgan fingerprint density at radius 2 is 1.63 bits per heavy atom. The summed E-state index contributed by atoms with van der Waals surface area (Å²) in [7, 11) is -3.60. The quantitative estimate of drug-likeness (QED) is 0.817. The summed E-state index contributed by atoms with van der Waals surface area (Å²) < 4.78 is 27.9. The third-order valence-electron chi connectivity index (χ3n) is 3.82. The number of hydrogen-bond donors (Lipinski definition) is 2. The summed E-state index contributed by atoms with van der Waals surface area (Å²) >= 11 is 0. The van der Waals surface area contributed by atoms with Crippen molar-refractivity contribution in [2.75, 3.05) is 5.73 Å². The average Bonchev–Trinajstić information content (AvgIpc) is 2.33. The van der Waals surface area contributed by atoms with Gasteiger partial charge >= 0.3 is 0 Å². The Balaban J connectivity index is 3.33. The minimum atomic E-state index is -3.60. The molecular formula is C14H24N2O2S. The molecule has 4 nitrogen and oxygen atoms in total. The molecule has 0 unspecified atom stereocenters. The lowest BCUT2D eigenvalue weighted by atomic mass is 9.98. The van der Waals surface area contributed by atoms with Crippen LogP contribution in [0.2, 0.25) is 0 Å². The molecule has 19 heavy (non-hydrogen) atoms. The van der Waals surface area contributed by atoms with Crippen LogP contribution in [0.15, 0.2) is 17.0 Å². The predicted octanol–water partition coefficient (Wildman–Crippen LogP) is 2.74. The lowest BCUT2D eigenvalue weighted by Crippen LogP contribution is -2.45. The molecule has 0 aliphatic heterocycles. The highest BCUT2D eigenvalue weighted by Crippen LogP contribution is 2.28. The second-order valence-electron chi connectivity index (χ2n) is 5.32. The fraction of sp³-hybridized carbons (Fsp3) is 0.571. The number of rotatable bonds is 5. The van der Waals surface area contributed by atoms with Crippen LogP contribution < -0.4 is 10.5 Å². The summed E-state index contributed by atoms with van der Waals surface area (Å²) in [6.45, 7) is 9.43. The summed E-state index contributed by atoms with van der Waals surface area (Å²) in [5, 5.41) is 0. The first-order valence-corrected chi connectivity index (χ1v) is 8.05. The predicted molar refractivity (Wildman–Crippen MR) is 79.6 cm³/mol. The molecule has 1 aromatic carbocycles. The van der Waals surface area contributed by atoms with Gasteiger partial charge in [0.25, 0.3) is 0 Å². The van der Waals surface area contributed by atoms with Gasteiger partial charge in [-0.1, -0.05) is 26.0 Å². The first-order valence-electron chi connectivity index (χ1n) is 6.56. The van der Waals surface area contributed by atoms with Gasteiger partial charge in [0.2, 0.25) is 10.0 Å². The maximum absolute atomic E-state index is 12.6. The van der Waals surface area contributed by atoms with Crippen LogP contribution >= 0.6 is 0 Å². The molecule has 0 amide bonds. The minimum absolute atomic E-state index is 0.209. The molecule has 0 atom stereocenters. The van der Waals surface area contributed by atoms with Gasteiger partial charge in [-0.25, -0.2) is 13.1 Å². The van der Waals surface area contributed by atoms with Gasteiger partial charge in [0, 0.05) is 5.54 Å². The van der Waals surface area contributed by atoms with Crippen molar-refractivity contribution in [3.8, 4) is 0 Å². The highest BCUT2D eigenvalue weighted by Gasteiger charge is 2.30. The van der Waals surface area contributed by atoms with Crippen LogP contribution in [0.4, 0.5) is 5.69 Å². The van der Waals surface area contributed by atoms with Crippen molar-refractivity contribution >= 4 is 15.7 Å². The van der Waals surface area contributed by atoms with Crippen molar-refractivity contribution in [2.45, 2.75) is 57.9 Å². The molecule has 5 heteroatoms. The number of nitrogens with one attached hydrogen (secondary N) is 1. The standard InChI is InChI=1S/C14H24N2O2S/c1-6-14(5,7-2)16-19(17,18)13-11(4)9-8-10(3)12(13)15/h8-9,16H,6-7,15H2,1-5H3. The molecule has 1 rings (SSSR count). The number of anilines is 1. The van der Waals surface area contributed by atoms with Crippen molar-refractivity contribution in [1.82, 2.24) is 4.72 Å². The second-order valence-corrected chi connectivity index (χ2v) is 6.93. The van der Waals surface area contributed by atoms with E-state index in [1.54, 1.807) is 13.0 Å². The molecule has 0 aliphatic rings. The Morgan fingerprint density at radius 1 is 1.16 bits per heavy atom. The first kappa shape index (κ1) is 16.0. The van der Waals surface area contributed by atoms with Gasteiger partial charge in [-0.05, 0) is 44.7 Å². The van der Waals surface area contributed by atoms with E-state index < -0.39 is 15.6 Å². The molecule has 0 saturated heterocycles. The fourth-order valence-corrected chi connectivity index (χ4v) is 3.92. The molecule has 3 N–H and O–H groups in total. The topological polar surface area (TPSA) is 72.2 Å². The van der Waals surface area contributed by atoms with E-state index in [0.29, 0.717) is 11.3 Å². The van der Waals surface area contributed by atoms with Gasteiger partial charge < -0.3 is 5.73 Å². The monoisotopic (exact) mass is 284 g/mol. The fourth-order valence-electron chi connectivity index (χ4n) is 1.93. The zero-order valence-electron chi connectivity index (χ0n) is 12.4. The van der Waals surface area contributed by atoms with Crippen molar-refractivity contribution in [1.29, 1.82) is 0 Å². The summed E-state index contributed by atoms with van der Waals surface area (Å²) in [5.74, 6) is 0. The molecule has 0 saturated carbocycles. The van der Waals surface area contributed by atoms with E-state index in [2.05, 4.69) is 4.72 Å². The largest absolute Gasteiger partial charge is 0.397 e. The summed E-state index contributed by atoms with van der Waals surface area (Å²) in [6.07, 6.45) is 1.46. The van der Waals surface area contributed by atoms with E-state index in [4.69, 9.17) is 5.73 Å². The van der Waals surface area contributed by atoms with E-state index in [1.165, 1.54) is 0 Å². The Hall–Kier alpha value is -1.07. The summed E-state index contributed by atoms with van der Waals surface area (Å²) in [4.78, 5) is 0.209. The summed E-state index contributed by atoms with van der Waals surface area (Å²) in [5.41, 5.74) is 7.29. The molecular weight excluding hydrogens is 260 g/mol. The van der Waals surface area contributed by atoms with Crippen LogP contribution in [0.3, 0.4) is 0 Å². The van der Waals surface area contributed by atoms with Crippen LogP contribution in [0.1, 0.15) is 44.7 Å². The minimum Gasteiger partial charge on any atom is -0.397 e. The van der Waals surface area contributed by atoms with Crippen molar-refractivity contribution in [3.05, 3.63) is 23.3 Å². The molecule has 0 radical (unpaired) electrons. The molecule has 0 aromatic heterocycles. The van der Waals surface area contributed by atoms with Crippen LogP contribution in [0.5, 0.6) is 0 Å². The summed E-state index contributed by atoms with van der Waals surface area (Å²) in [6, 6.07) is 3.62. The molecule has 0 fully saturated rings. The average molecular weight is 284 g/mol. The van der Waals surface area contributed by atoms with Gasteiger partial charge in [-0.15, -0.1) is 0 Å². The Morgan fingerprint density at radius 3 is 2.11 bits per heavy atom. The zero-order valence-corrected chi connectivity index (χ0v) is 13.2. The number of nitrogen functional groups attached to an aromatic ring is 1. The van der Waals surface area contributed by atoms with Crippen LogP contribution in [-0.4, -0.2) is 14.0 Å². The molecule has 1 aromatic rings. The van der Waals surface area contributed by atoms with Gasteiger partial charge in [-0.3, -0.25) is 0 Å². The lowest BCUT2D eigenvalue weighted by Gasteiger charge is -2.28. The van der Waals surface area contributed by atoms with Gasteiger partial charge in [0.1, 0.15) is 4.90 Å². The SMILES string of the molecule is CCC(C)(CC)NS(=O)(=O)c1c(C)ccc(C)c1N. The lowest BCUT2D eigenvalue weighted by molar-refractivity contribution is 0.388. The highest BCUT2D eigenvalue weighted by atomic mass is 32.2. The number of aryl methyl sites for hydroxylation is 2. The third-order valence-corrected chi connectivity index (χ3v) is 5.66. The molecule has 0 bridgehead atoms. The van der Waals surface area contributed by atoms with Crippen molar-refractivity contribution in [3.63, 3.8) is 0 Å². The highest BCUT2D eigenvalue weighted by molar-refractivity contribution is 7.89. The maximum atomic E-state index is 12.6. The van der Waals surface area contributed by atoms with Crippen LogP contribution in [0.25, 0.3) is 0 Å². The Labute approximate surface area is 116 Å². The molecule has 108 valence electrons. The number of sulfonamides is 1. The van der Waals surface area contributed by atoms with Gasteiger partial charge in [-0.2, -0.15) is 0 Å². The van der Waals surface area contributed by atoms with E-state index in [0.717, 1.165) is 18.4 Å². The number of hydrogen-bond acceptors (Lipinski definition) is 3. The van der Waals surface area contributed by atoms with Crippen LogP contribution in [-0.2, 0) is 10.0 Å². The zero-order chi connectivity index (χ0) is 14.8. The second kappa shape index (κ2) is 5.51. The Bertz CT molecular complexity index is 561. The molecule has 0 aliphatic carbocycles.